The van der Waals surface area contributed by atoms with Crippen LogP contribution in [0.1, 0.15) is 17.2 Å². The summed E-state index contributed by atoms with van der Waals surface area (Å²) in [4.78, 5) is 36.3. The van der Waals surface area contributed by atoms with E-state index in [0.717, 1.165) is 0 Å². The third-order valence-corrected chi connectivity index (χ3v) is 6.63. The van der Waals surface area contributed by atoms with E-state index < -0.39 is 10.8 Å². The number of nitrogens with one attached hydrogen (secondary N) is 2. The minimum absolute atomic E-state index is 0.0653. The maximum atomic E-state index is 12.3. The van der Waals surface area contributed by atoms with E-state index in [9.17, 15) is 14.9 Å². The van der Waals surface area contributed by atoms with Crippen molar-refractivity contribution in [2.75, 3.05) is 43.1 Å². The van der Waals surface area contributed by atoms with Crippen molar-refractivity contribution in [3.63, 3.8) is 0 Å². The molecule has 0 bridgehead atoms. The third-order valence-electron chi connectivity index (χ3n) is 6.63. The topological polar surface area (TPSA) is 126 Å². The van der Waals surface area contributed by atoms with Gasteiger partial charge in [0, 0.05) is 26.2 Å². The number of hydrogen-bond donors (Lipinski definition) is 2. The summed E-state index contributed by atoms with van der Waals surface area (Å²) in [5, 5.41) is 12.1. The summed E-state index contributed by atoms with van der Waals surface area (Å²) in [5.41, 5.74) is 7.06. The van der Waals surface area contributed by atoms with Crippen molar-refractivity contribution in [1.29, 1.82) is 0 Å². The van der Waals surface area contributed by atoms with Crippen LogP contribution >= 0.6 is 0 Å². The largest absolute Gasteiger partial charge is 0.484 e. The van der Waals surface area contributed by atoms with Gasteiger partial charge in [-0.3, -0.25) is 30.7 Å². The number of carbonyl (C=O) groups is 1. The van der Waals surface area contributed by atoms with Gasteiger partial charge in [-0.05, 0) is 23.3 Å². The minimum atomic E-state index is -0.534. The molecular weight excluding hydrogens is 510 g/mol. The molecule has 4 aromatic rings. The van der Waals surface area contributed by atoms with Crippen molar-refractivity contribution in [3.05, 3.63) is 119 Å². The summed E-state index contributed by atoms with van der Waals surface area (Å²) in [6.45, 7) is 2.14. The lowest BCUT2D eigenvalue weighted by Gasteiger charge is -2.40. The Bertz CT molecular complexity index is 1380. The van der Waals surface area contributed by atoms with E-state index >= 15 is 0 Å². The van der Waals surface area contributed by atoms with Gasteiger partial charge in [0.25, 0.3) is 5.91 Å². The summed E-state index contributed by atoms with van der Waals surface area (Å²) in [5.74, 6) is 0.124. The van der Waals surface area contributed by atoms with Gasteiger partial charge < -0.3 is 9.64 Å². The zero-order chi connectivity index (χ0) is 27.7. The van der Waals surface area contributed by atoms with Crippen LogP contribution in [0.15, 0.2) is 97.3 Å². The molecule has 1 aliphatic rings. The molecule has 0 atom stereocenters. The molecule has 0 spiro atoms. The molecular formula is C29H29N7O4. The third kappa shape index (κ3) is 6.33. The second-order valence-electron chi connectivity index (χ2n) is 9.17. The van der Waals surface area contributed by atoms with Crippen LogP contribution in [-0.2, 0) is 4.79 Å². The number of amides is 1. The van der Waals surface area contributed by atoms with E-state index in [1.807, 2.05) is 47.4 Å². The van der Waals surface area contributed by atoms with E-state index in [1.54, 1.807) is 24.3 Å². The Labute approximate surface area is 231 Å². The van der Waals surface area contributed by atoms with Crippen LogP contribution in [0.25, 0.3) is 0 Å². The fourth-order valence-electron chi connectivity index (χ4n) is 4.77. The quantitative estimate of drug-likeness (QED) is 0.228. The average molecular weight is 540 g/mol. The molecule has 11 heteroatoms. The molecule has 1 aliphatic heterocycles. The highest BCUT2D eigenvalue weighted by atomic mass is 16.6. The predicted octanol–water partition coefficient (Wildman–Crippen LogP) is 3.82. The summed E-state index contributed by atoms with van der Waals surface area (Å²) in [7, 11) is 0. The van der Waals surface area contributed by atoms with E-state index in [-0.39, 0.29) is 30.0 Å². The summed E-state index contributed by atoms with van der Waals surface area (Å²) >= 11 is 0. The number of benzene rings is 3. The maximum absolute atomic E-state index is 12.3. The summed E-state index contributed by atoms with van der Waals surface area (Å²) in [6.07, 6.45) is 1.25. The fraction of sp³-hybridized carbons (Fsp3) is 0.207. The zero-order valence-corrected chi connectivity index (χ0v) is 21.7. The van der Waals surface area contributed by atoms with Crippen LogP contribution in [-0.4, -0.2) is 58.5 Å². The van der Waals surface area contributed by atoms with Crippen molar-refractivity contribution >= 4 is 23.2 Å². The number of piperazine rings is 1. The number of ether oxygens (including phenoxy) is 1. The maximum Gasteiger partial charge on any atom is 0.355 e. The molecule has 2 N–H and O–H groups in total. The number of carbonyl (C=O) groups excluding carboxylic acids is 1. The first-order valence-corrected chi connectivity index (χ1v) is 12.9. The second kappa shape index (κ2) is 12.7. The van der Waals surface area contributed by atoms with Crippen molar-refractivity contribution < 1.29 is 14.5 Å². The van der Waals surface area contributed by atoms with Crippen molar-refractivity contribution in [3.8, 4) is 5.75 Å². The monoisotopic (exact) mass is 539 g/mol. The highest BCUT2D eigenvalue weighted by Gasteiger charge is 2.32. The number of nitro groups is 1. The average Bonchev–Trinajstić information content (AvgIpc) is 3.01. The number of anilines is 2. The SMILES string of the molecule is O=C(COc1ccccc1)NNc1ncnc(N2CCN(C(c3ccccc3)c3ccccc3)CC2)c1[N+](=O)[O-]. The van der Waals surface area contributed by atoms with Crippen LogP contribution in [0.4, 0.5) is 17.3 Å². The second-order valence-corrected chi connectivity index (χ2v) is 9.17. The van der Waals surface area contributed by atoms with Crippen LogP contribution in [0.3, 0.4) is 0 Å². The first kappa shape index (κ1) is 26.6. The molecule has 5 rings (SSSR count). The Morgan fingerprint density at radius 1 is 0.875 bits per heavy atom. The van der Waals surface area contributed by atoms with Gasteiger partial charge >= 0.3 is 5.69 Å². The van der Waals surface area contributed by atoms with Crippen molar-refractivity contribution in [2.45, 2.75) is 6.04 Å². The molecule has 2 heterocycles. The van der Waals surface area contributed by atoms with Crippen LogP contribution < -0.4 is 20.5 Å². The van der Waals surface area contributed by atoms with Crippen LogP contribution in [0.2, 0.25) is 0 Å². The fourth-order valence-corrected chi connectivity index (χ4v) is 4.77. The van der Waals surface area contributed by atoms with Gasteiger partial charge in [0.2, 0.25) is 11.6 Å². The first-order chi connectivity index (χ1) is 19.6. The van der Waals surface area contributed by atoms with Gasteiger partial charge in [-0.2, -0.15) is 0 Å². The van der Waals surface area contributed by atoms with Crippen LogP contribution in [0.5, 0.6) is 5.75 Å². The van der Waals surface area contributed by atoms with Gasteiger partial charge in [0.15, 0.2) is 6.61 Å². The van der Waals surface area contributed by atoms with E-state index in [2.05, 4.69) is 50.0 Å². The zero-order valence-electron chi connectivity index (χ0n) is 21.7. The lowest BCUT2D eigenvalue weighted by molar-refractivity contribution is -0.383. The standard InChI is InChI=1S/C29H29N7O4/c37-25(20-40-24-14-8-3-9-15-24)32-33-28-27(36(38)39)29(31-21-30-28)35-18-16-34(17-19-35)26(22-10-4-1-5-11-22)23-12-6-2-7-13-23/h1-15,21,26H,16-20H2,(H,32,37)(H,30,31,33). The molecule has 1 amide bonds. The predicted molar refractivity (Wildman–Crippen MR) is 151 cm³/mol. The number of aromatic nitrogens is 2. The molecule has 11 nitrogen and oxygen atoms in total. The number of hydrogen-bond acceptors (Lipinski definition) is 9. The van der Waals surface area contributed by atoms with E-state index in [1.165, 1.54) is 17.5 Å². The Kier molecular flexibility index (Phi) is 8.42. The molecule has 1 saturated heterocycles. The highest BCUT2D eigenvalue weighted by molar-refractivity contribution is 5.80. The van der Waals surface area contributed by atoms with Gasteiger partial charge in [0.05, 0.1) is 11.0 Å². The number of nitrogens with zero attached hydrogens (tertiary/aromatic N) is 5. The first-order valence-electron chi connectivity index (χ1n) is 12.9. The van der Waals surface area contributed by atoms with Crippen molar-refractivity contribution in [2.24, 2.45) is 0 Å². The molecule has 0 saturated carbocycles. The molecule has 204 valence electrons. The summed E-state index contributed by atoms with van der Waals surface area (Å²) < 4.78 is 5.41. The van der Waals surface area contributed by atoms with E-state index in [4.69, 9.17) is 4.74 Å². The normalized spacial score (nSPS) is 13.6. The van der Waals surface area contributed by atoms with Gasteiger partial charge in [-0.15, -0.1) is 0 Å². The Morgan fingerprint density at radius 3 is 2.02 bits per heavy atom. The van der Waals surface area contributed by atoms with Gasteiger partial charge in [-0.25, -0.2) is 9.97 Å². The molecule has 0 radical (unpaired) electrons. The highest BCUT2D eigenvalue weighted by Crippen LogP contribution is 2.34. The summed E-state index contributed by atoms with van der Waals surface area (Å²) in [6, 6.07) is 29.6. The lowest BCUT2D eigenvalue weighted by Crippen LogP contribution is -2.48. The Morgan fingerprint density at radius 2 is 1.45 bits per heavy atom. The van der Waals surface area contributed by atoms with E-state index in [0.29, 0.717) is 31.9 Å². The molecule has 0 aliphatic carbocycles. The molecule has 0 unspecified atom stereocenters. The number of para-hydroxylation sites is 1. The van der Waals surface area contributed by atoms with Gasteiger partial charge in [0.1, 0.15) is 12.1 Å². The van der Waals surface area contributed by atoms with Crippen LogP contribution in [0, 0.1) is 10.1 Å². The molecule has 40 heavy (non-hydrogen) atoms. The molecule has 3 aromatic carbocycles. The van der Waals surface area contributed by atoms with Crippen molar-refractivity contribution in [1.82, 2.24) is 20.3 Å². The smallest absolute Gasteiger partial charge is 0.355 e. The number of hydrazine groups is 1. The Balaban J connectivity index is 1.27. The van der Waals surface area contributed by atoms with Gasteiger partial charge in [-0.1, -0.05) is 78.9 Å². The minimum Gasteiger partial charge on any atom is -0.484 e. The lowest BCUT2D eigenvalue weighted by atomic mass is 9.96. The molecule has 1 fully saturated rings. The Hall–Kier alpha value is -5.03. The number of rotatable bonds is 10. The molecule has 1 aromatic heterocycles.